The van der Waals surface area contributed by atoms with Crippen molar-refractivity contribution in [2.24, 2.45) is 0 Å². The van der Waals surface area contributed by atoms with Crippen molar-refractivity contribution in [2.45, 2.75) is 24.8 Å². The Balaban J connectivity index is 2.31. The van der Waals surface area contributed by atoms with Crippen molar-refractivity contribution in [1.29, 1.82) is 0 Å². The number of sulfonamides is 1. The zero-order chi connectivity index (χ0) is 15.6. The second-order valence-electron chi connectivity index (χ2n) is 4.88. The summed E-state index contributed by atoms with van der Waals surface area (Å²) in [6.45, 7) is 3.45. The highest BCUT2D eigenvalue weighted by molar-refractivity contribution is 7.89. The average Bonchev–Trinajstić information content (AvgIpc) is 2.41. The number of nitrogens with two attached hydrogens (primary N) is 1. The zero-order valence-electron chi connectivity index (χ0n) is 11.8. The lowest BCUT2D eigenvalue weighted by Crippen LogP contribution is -2.27. The SMILES string of the molecule is Cc1c(Cl)cccc1S(=O)(=O)N[C@@H](C)c1cccc(N)c1. The van der Waals surface area contributed by atoms with Crippen molar-refractivity contribution in [1.82, 2.24) is 4.72 Å². The molecule has 0 unspecified atom stereocenters. The largest absolute Gasteiger partial charge is 0.399 e. The summed E-state index contributed by atoms with van der Waals surface area (Å²) in [6.07, 6.45) is 0. The van der Waals surface area contributed by atoms with Gasteiger partial charge in [0.25, 0.3) is 0 Å². The van der Waals surface area contributed by atoms with Crippen molar-refractivity contribution >= 4 is 27.3 Å². The fraction of sp³-hybridized carbons (Fsp3) is 0.200. The van der Waals surface area contributed by atoms with E-state index in [1.165, 1.54) is 6.07 Å². The van der Waals surface area contributed by atoms with Gasteiger partial charge in [-0.1, -0.05) is 29.8 Å². The summed E-state index contributed by atoms with van der Waals surface area (Å²) in [5.41, 5.74) is 7.65. The van der Waals surface area contributed by atoms with Crippen LogP contribution in [0.15, 0.2) is 47.4 Å². The molecule has 0 aliphatic rings. The number of nitrogen functional groups attached to an aromatic ring is 1. The molecule has 21 heavy (non-hydrogen) atoms. The fourth-order valence-corrected chi connectivity index (χ4v) is 3.80. The van der Waals surface area contributed by atoms with Gasteiger partial charge >= 0.3 is 0 Å². The predicted molar refractivity (Wildman–Crippen MR) is 85.8 cm³/mol. The lowest BCUT2D eigenvalue weighted by molar-refractivity contribution is 0.566. The summed E-state index contributed by atoms with van der Waals surface area (Å²) >= 11 is 5.99. The Morgan fingerprint density at radius 3 is 2.52 bits per heavy atom. The number of anilines is 1. The average molecular weight is 325 g/mol. The molecule has 0 bridgehead atoms. The molecule has 1 atom stereocenters. The smallest absolute Gasteiger partial charge is 0.241 e. The van der Waals surface area contributed by atoms with Gasteiger partial charge in [-0.25, -0.2) is 13.1 Å². The van der Waals surface area contributed by atoms with Gasteiger partial charge in [-0.3, -0.25) is 0 Å². The van der Waals surface area contributed by atoms with Crippen LogP contribution in [0.5, 0.6) is 0 Å². The zero-order valence-corrected chi connectivity index (χ0v) is 13.4. The lowest BCUT2D eigenvalue weighted by atomic mass is 10.1. The van der Waals surface area contributed by atoms with Crippen LogP contribution < -0.4 is 10.5 Å². The fourth-order valence-electron chi connectivity index (χ4n) is 2.07. The molecule has 0 amide bonds. The van der Waals surface area contributed by atoms with Gasteiger partial charge in [0.1, 0.15) is 0 Å². The van der Waals surface area contributed by atoms with E-state index in [4.69, 9.17) is 17.3 Å². The first kappa shape index (κ1) is 15.8. The molecule has 0 saturated heterocycles. The molecule has 2 aromatic rings. The van der Waals surface area contributed by atoms with E-state index in [0.29, 0.717) is 16.3 Å². The Hall–Kier alpha value is -1.56. The second-order valence-corrected chi connectivity index (χ2v) is 6.97. The van der Waals surface area contributed by atoms with Gasteiger partial charge in [-0.2, -0.15) is 0 Å². The number of rotatable bonds is 4. The number of hydrogen-bond donors (Lipinski definition) is 2. The third-order valence-electron chi connectivity index (χ3n) is 3.25. The number of benzene rings is 2. The molecule has 4 nitrogen and oxygen atoms in total. The van der Waals surface area contributed by atoms with Crippen molar-refractivity contribution < 1.29 is 8.42 Å². The van der Waals surface area contributed by atoms with E-state index < -0.39 is 16.1 Å². The molecule has 0 aliphatic carbocycles. The minimum atomic E-state index is -3.65. The highest BCUT2D eigenvalue weighted by Gasteiger charge is 2.21. The van der Waals surface area contributed by atoms with Crippen molar-refractivity contribution in [3.8, 4) is 0 Å². The molecule has 0 spiro atoms. The van der Waals surface area contributed by atoms with Gasteiger partial charge in [0, 0.05) is 16.8 Å². The normalized spacial score (nSPS) is 13.1. The molecule has 0 heterocycles. The van der Waals surface area contributed by atoms with Gasteiger partial charge < -0.3 is 5.73 Å². The van der Waals surface area contributed by atoms with Gasteiger partial charge in [-0.15, -0.1) is 0 Å². The van der Waals surface area contributed by atoms with Crippen LogP contribution in [0.3, 0.4) is 0 Å². The highest BCUT2D eigenvalue weighted by Crippen LogP contribution is 2.24. The van der Waals surface area contributed by atoms with Crippen molar-refractivity contribution in [3.05, 3.63) is 58.6 Å². The van der Waals surface area contributed by atoms with Crippen LogP contribution in [0.25, 0.3) is 0 Å². The quantitative estimate of drug-likeness (QED) is 0.848. The molecule has 0 saturated carbocycles. The first-order valence-corrected chi connectivity index (χ1v) is 8.30. The molecule has 3 N–H and O–H groups in total. The topological polar surface area (TPSA) is 72.2 Å². The van der Waals surface area contributed by atoms with E-state index in [0.717, 1.165) is 5.56 Å². The van der Waals surface area contributed by atoms with E-state index in [9.17, 15) is 8.42 Å². The minimum absolute atomic E-state index is 0.186. The molecule has 2 aromatic carbocycles. The monoisotopic (exact) mass is 324 g/mol. The number of hydrogen-bond acceptors (Lipinski definition) is 3. The number of halogens is 1. The van der Waals surface area contributed by atoms with E-state index in [2.05, 4.69) is 4.72 Å². The first-order chi connectivity index (χ1) is 9.81. The summed E-state index contributed by atoms with van der Waals surface area (Å²) in [6, 6.07) is 11.6. The highest BCUT2D eigenvalue weighted by atomic mass is 35.5. The van der Waals surface area contributed by atoms with E-state index in [1.54, 1.807) is 44.2 Å². The summed E-state index contributed by atoms with van der Waals surface area (Å²) in [4.78, 5) is 0.186. The number of nitrogens with one attached hydrogen (secondary N) is 1. The van der Waals surface area contributed by atoms with Crippen LogP contribution in [0.1, 0.15) is 24.1 Å². The molecule has 112 valence electrons. The molecule has 2 rings (SSSR count). The molecule has 0 aromatic heterocycles. The third-order valence-corrected chi connectivity index (χ3v) is 5.34. The van der Waals surface area contributed by atoms with Gasteiger partial charge in [0.15, 0.2) is 0 Å². The van der Waals surface area contributed by atoms with Crippen LogP contribution in [-0.4, -0.2) is 8.42 Å². The summed E-state index contributed by atoms with van der Waals surface area (Å²) < 4.78 is 27.6. The standard InChI is InChI=1S/C15H17ClN2O2S/c1-10-14(16)7-4-8-15(10)21(19,20)18-11(2)12-5-3-6-13(17)9-12/h3-9,11,18H,17H2,1-2H3/t11-/m0/s1. The van der Waals surface area contributed by atoms with Gasteiger partial charge in [0.2, 0.25) is 10.0 Å². The van der Waals surface area contributed by atoms with Crippen LogP contribution >= 0.6 is 11.6 Å². The van der Waals surface area contributed by atoms with E-state index in [1.807, 2.05) is 6.07 Å². The van der Waals surface area contributed by atoms with Crippen LogP contribution in [0.4, 0.5) is 5.69 Å². The Bertz CT molecular complexity index is 760. The molecule has 0 radical (unpaired) electrons. The van der Waals surface area contributed by atoms with Gasteiger partial charge in [-0.05, 0) is 49.2 Å². The summed E-state index contributed by atoms with van der Waals surface area (Å²) in [7, 11) is -3.65. The third kappa shape index (κ3) is 3.56. The van der Waals surface area contributed by atoms with Gasteiger partial charge in [0.05, 0.1) is 4.90 Å². The molecular weight excluding hydrogens is 308 g/mol. The molecule has 0 fully saturated rings. The first-order valence-electron chi connectivity index (χ1n) is 6.44. The predicted octanol–water partition coefficient (Wildman–Crippen LogP) is 3.27. The summed E-state index contributed by atoms with van der Waals surface area (Å²) in [5, 5.41) is 0.425. The van der Waals surface area contributed by atoms with Crippen molar-refractivity contribution in [2.75, 3.05) is 5.73 Å². The van der Waals surface area contributed by atoms with Crippen LogP contribution in [-0.2, 0) is 10.0 Å². The van der Waals surface area contributed by atoms with E-state index in [-0.39, 0.29) is 4.90 Å². The molecular formula is C15H17ClN2O2S. The van der Waals surface area contributed by atoms with Crippen LogP contribution in [0, 0.1) is 6.92 Å². The second kappa shape index (κ2) is 6.05. The van der Waals surface area contributed by atoms with Crippen LogP contribution in [0.2, 0.25) is 5.02 Å². The maximum absolute atomic E-state index is 12.5. The Kier molecular flexibility index (Phi) is 4.56. The Labute approximate surface area is 130 Å². The van der Waals surface area contributed by atoms with Crippen molar-refractivity contribution in [3.63, 3.8) is 0 Å². The summed E-state index contributed by atoms with van der Waals surface area (Å²) in [5.74, 6) is 0. The maximum Gasteiger partial charge on any atom is 0.241 e. The van der Waals surface area contributed by atoms with E-state index >= 15 is 0 Å². The Morgan fingerprint density at radius 1 is 1.19 bits per heavy atom. The molecule has 0 aliphatic heterocycles. The minimum Gasteiger partial charge on any atom is -0.399 e. The lowest BCUT2D eigenvalue weighted by Gasteiger charge is -2.16. The Morgan fingerprint density at radius 2 is 1.86 bits per heavy atom. The molecule has 6 heteroatoms. The maximum atomic E-state index is 12.5.